The Morgan fingerprint density at radius 2 is 1.59 bits per heavy atom. The first kappa shape index (κ1) is 16.7. The molecule has 0 spiro atoms. The summed E-state index contributed by atoms with van der Waals surface area (Å²) in [5.41, 5.74) is 2.75. The van der Waals surface area contributed by atoms with Gasteiger partial charge < -0.3 is 10.1 Å². The van der Waals surface area contributed by atoms with Crippen LogP contribution in [0.4, 0.5) is 0 Å². The normalized spacial score (nSPS) is 20.8. The molecule has 1 aliphatic rings. The van der Waals surface area contributed by atoms with E-state index in [1.54, 1.807) is 7.11 Å². The van der Waals surface area contributed by atoms with Gasteiger partial charge in [0.15, 0.2) is 0 Å². The van der Waals surface area contributed by atoms with Crippen molar-refractivity contribution in [1.29, 1.82) is 0 Å². The van der Waals surface area contributed by atoms with E-state index in [0.717, 1.165) is 19.5 Å². The van der Waals surface area contributed by atoms with Crippen molar-refractivity contribution in [2.75, 3.05) is 20.2 Å². The Bertz CT molecular complexity index is 512. The molecule has 1 saturated heterocycles. The number of piperidine rings is 1. The molecule has 0 aromatic heterocycles. The van der Waals surface area contributed by atoms with Crippen LogP contribution in [-0.2, 0) is 11.2 Å². The van der Waals surface area contributed by atoms with Crippen molar-refractivity contribution in [3.63, 3.8) is 0 Å². The molecule has 0 radical (unpaired) electrons. The maximum atomic E-state index is 5.40. The fraction of sp³-hybridized carbons (Fsp3) is 0.400. The molecule has 0 saturated carbocycles. The van der Waals surface area contributed by atoms with Gasteiger partial charge in [-0.3, -0.25) is 0 Å². The van der Waals surface area contributed by atoms with Crippen LogP contribution in [0, 0.1) is 12.8 Å². The molecule has 22 heavy (non-hydrogen) atoms. The molecule has 1 fully saturated rings. The van der Waals surface area contributed by atoms with E-state index < -0.39 is 0 Å². The van der Waals surface area contributed by atoms with Crippen LogP contribution in [0.2, 0.25) is 0 Å². The van der Waals surface area contributed by atoms with Gasteiger partial charge in [-0.05, 0) is 37.8 Å². The number of hydrogen-bond donors (Lipinski definition) is 1. The van der Waals surface area contributed by atoms with Crippen molar-refractivity contribution in [2.24, 2.45) is 5.92 Å². The molecule has 1 heterocycles. The first-order valence-electron chi connectivity index (χ1n) is 8.07. The zero-order valence-corrected chi connectivity index (χ0v) is 13.7. The molecule has 0 amide bonds. The Labute approximate surface area is 134 Å². The highest BCUT2D eigenvalue weighted by molar-refractivity contribution is 5.15. The predicted molar refractivity (Wildman–Crippen MR) is 93.1 cm³/mol. The van der Waals surface area contributed by atoms with E-state index in [1.807, 2.05) is 18.2 Å². The fourth-order valence-corrected chi connectivity index (χ4v) is 2.80. The highest BCUT2D eigenvalue weighted by atomic mass is 16.5. The summed E-state index contributed by atoms with van der Waals surface area (Å²) in [6, 6.07) is 21.0. The monoisotopic (exact) mass is 297 g/mol. The highest BCUT2D eigenvalue weighted by Crippen LogP contribution is 2.17. The Hall–Kier alpha value is -1.64. The van der Waals surface area contributed by atoms with Crippen LogP contribution >= 0.6 is 0 Å². The molecular formula is C20H27NO. The van der Waals surface area contributed by atoms with E-state index in [0.29, 0.717) is 12.0 Å². The molecule has 0 aliphatic carbocycles. The second kappa shape index (κ2) is 9.39. The topological polar surface area (TPSA) is 21.3 Å². The quantitative estimate of drug-likeness (QED) is 0.929. The molecule has 2 nitrogen and oxygen atoms in total. The van der Waals surface area contributed by atoms with Gasteiger partial charge in [0.05, 0.1) is 6.10 Å². The van der Waals surface area contributed by atoms with Gasteiger partial charge in [0.2, 0.25) is 0 Å². The van der Waals surface area contributed by atoms with Gasteiger partial charge in [-0.1, -0.05) is 66.2 Å². The van der Waals surface area contributed by atoms with Crippen LogP contribution in [0.5, 0.6) is 0 Å². The molecule has 118 valence electrons. The average molecular weight is 297 g/mol. The highest BCUT2D eigenvalue weighted by Gasteiger charge is 2.21. The van der Waals surface area contributed by atoms with Crippen molar-refractivity contribution < 1.29 is 4.74 Å². The number of hydrogen-bond acceptors (Lipinski definition) is 2. The minimum absolute atomic E-state index is 0.396. The molecule has 0 unspecified atom stereocenters. The maximum Gasteiger partial charge on any atom is 0.0698 e. The summed E-state index contributed by atoms with van der Waals surface area (Å²) >= 11 is 0. The Balaban J connectivity index is 0.000000211. The number of benzene rings is 2. The smallest absolute Gasteiger partial charge is 0.0698 e. The molecule has 2 atom stereocenters. The van der Waals surface area contributed by atoms with E-state index >= 15 is 0 Å². The summed E-state index contributed by atoms with van der Waals surface area (Å²) in [6.45, 7) is 4.20. The van der Waals surface area contributed by atoms with Crippen molar-refractivity contribution in [1.82, 2.24) is 5.32 Å². The van der Waals surface area contributed by atoms with Gasteiger partial charge in [0.1, 0.15) is 0 Å². The van der Waals surface area contributed by atoms with Crippen LogP contribution in [0.3, 0.4) is 0 Å². The van der Waals surface area contributed by atoms with Gasteiger partial charge in [0.25, 0.3) is 0 Å². The van der Waals surface area contributed by atoms with Gasteiger partial charge in [0, 0.05) is 13.7 Å². The minimum Gasteiger partial charge on any atom is -0.380 e. The van der Waals surface area contributed by atoms with Crippen molar-refractivity contribution >= 4 is 0 Å². The van der Waals surface area contributed by atoms with Gasteiger partial charge >= 0.3 is 0 Å². The van der Waals surface area contributed by atoms with E-state index in [4.69, 9.17) is 4.74 Å². The van der Waals surface area contributed by atoms with E-state index in [2.05, 4.69) is 54.7 Å². The first-order chi connectivity index (χ1) is 10.8. The van der Waals surface area contributed by atoms with Crippen LogP contribution in [-0.4, -0.2) is 26.3 Å². The van der Waals surface area contributed by atoms with E-state index in [9.17, 15) is 0 Å². The standard InChI is InChI=1S/C13H19NO.C7H8/c1-15-13-8-12(9-14-10-13)7-11-5-3-2-4-6-11;1-7-5-3-2-4-6-7/h2-6,12-14H,7-10H2,1H3;2-6H,1H3/t12-,13+;/m0./s1. The number of nitrogens with one attached hydrogen (secondary N) is 1. The molecule has 0 bridgehead atoms. The van der Waals surface area contributed by atoms with Crippen LogP contribution in [0.25, 0.3) is 0 Å². The third-order valence-electron chi connectivity index (χ3n) is 4.04. The van der Waals surface area contributed by atoms with Crippen molar-refractivity contribution in [3.05, 3.63) is 71.8 Å². The lowest BCUT2D eigenvalue weighted by Gasteiger charge is -2.29. The lowest BCUT2D eigenvalue weighted by Crippen LogP contribution is -2.41. The molecule has 2 heteroatoms. The Kier molecular flexibility index (Phi) is 7.14. The van der Waals surface area contributed by atoms with Gasteiger partial charge in [-0.15, -0.1) is 0 Å². The third kappa shape index (κ3) is 6.00. The second-order valence-electron chi connectivity index (χ2n) is 5.96. The van der Waals surface area contributed by atoms with Crippen molar-refractivity contribution in [2.45, 2.75) is 25.9 Å². The molecular weight excluding hydrogens is 270 g/mol. The maximum absolute atomic E-state index is 5.40. The zero-order valence-electron chi connectivity index (χ0n) is 13.7. The van der Waals surface area contributed by atoms with Crippen LogP contribution < -0.4 is 5.32 Å². The predicted octanol–water partition coefficient (Wildman–Crippen LogP) is 3.85. The Morgan fingerprint density at radius 1 is 0.955 bits per heavy atom. The molecule has 1 aliphatic heterocycles. The summed E-state index contributed by atoms with van der Waals surface area (Å²) < 4.78 is 5.40. The SMILES string of the molecule is CO[C@H]1CNC[C@@H](Cc2ccccc2)C1.Cc1ccccc1. The third-order valence-corrected chi connectivity index (χ3v) is 4.04. The summed E-state index contributed by atoms with van der Waals surface area (Å²) in [7, 11) is 1.80. The number of ether oxygens (including phenoxy) is 1. The van der Waals surface area contributed by atoms with Crippen LogP contribution in [0.15, 0.2) is 60.7 Å². The Morgan fingerprint density at radius 3 is 2.14 bits per heavy atom. The largest absolute Gasteiger partial charge is 0.380 e. The number of aryl methyl sites for hydroxylation is 1. The second-order valence-corrected chi connectivity index (χ2v) is 5.96. The summed E-state index contributed by atoms with van der Waals surface area (Å²) in [4.78, 5) is 0. The minimum atomic E-state index is 0.396. The van der Waals surface area contributed by atoms with Crippen molar-refractivity contribution in [3.8, 4) is 0 Å². The van der Waals surface area contributed by atoms with Gasteiger partial charge in [-0.2, -0.15) is 0 Å². The average Bonchev–Trinajstić information content (AvgIpc) is 2.57. The molecule has 1 N–H and O–H groups in total. The lowest BCUT2D eigenvalue weighted by atomic mass is 9.91. The fourth-order valence-electron chi connectivity index (χ4n) is 2.80. The molecule has 3 rings (SSSR count). The lowest BCUT2D eigenvalue weighted by molar-refractivity contribution is 0.0617. The van der Waals surface area contributed by atoms with Crippen LogP contribution in [0.1, 0.15) is 17.5 Å². The summed E-state index contributed by atoms with van der Waals surface area (Å²) in [5.74, 6) is 0.714. The van der Waals surface area contributed by atoms with E-state index in [-0.39, 0.29) is 0 Å². The molecule has 2 aromatic rings. The van der Waals surface area contributed by atoms with Gasteiger partial charge in [-0.25, -0.2) is 0 Å². The summed E-state index contributed by atoms with van der Waals surface area (Å²) in [6.07, 6.45) is 2.74. The number of methoxy groups -OCH3 is 1. The van der Waals surface area contributed by atoms with E-state index in [1.165, 1.54) is 17.5 Å². The summed E-state index contributed by atoms with van der Waals surface area (Å²) in [5, 5.41) is 3.43. The zero-order chi connectivity index (χ0) is 15.6. The number of rotatable bonds is 3. The first-order valence-corrected chi connectivity index (χ1v) is 8.07. The molecule has 2 aromatic carbocycles.